The lowest BCUT2D eigenvalue weighted by molar-refractivity contribution is 0.0686. The van der Waals surface area contributed by atoms with Crippen molar-refractivity contribution >= 4 is 27.6 Å². The molecule has 3 rings (SSSR count). The van der Waals surface area contributed by atoms with Crippen LogP contribution in [0.25, 0.3) is 21.6 Å². The molecule has 0 amide bonds. The van der Waals surface area contributed by atoms with Gasteiger partial charge in [0.25, 0.3) is 0 Å². The van der Waals surface area contributed by atoms with Crippen molar-refractivity contribution < 1.29 is 23.6 Å². The fourth-order valence-electron chi connectivity index (χ4n) is 1.77. The summed E-state index contributed by atoms with van der Waals surface area (Å²) in [6, 6.07) is 4.46. The Bertz CT molecular complexity index is 858. The number of ether oxygens (including phenoxy) is 1. The van der Waals surface area contributed by atoms with Crippen molar-refractivity contribution in [3.05, 3.63) is 33.6 Å². The lowest BCUT2D eigenvalue weighted by Gasteiger charge is -2.04. The van der Waals surface area contributed by atoms with E-state index in [0.717, 1.165) is 11.3 Å². The largest absolute Gasteiger partial charge is 0.496 e. The summed E-state index contributed by atoms with van der Waals surface area (Å²) in [6.45, 7) is 0. The summed E-state index contributed by atoms with van der Waals surface area (Å²) in [5.74, 6) is -0.542. The molecule has 2 aromatic heterocycles. The van der Waals surface area contributed by atoms with Gasteiger partial charge in [-0.25, -0.2) is 9.59 Å². The number of hydrogen-bond acceptors (Lipinski definition) is 7. The van der Waals surface area contributed by atoms with Gasteiger partial charge in [-0.15, -0.1) is 0 Å². The van der Waals surface area contributed by atoms with E-state index in [4.69, 9.17) is 18.8 Å². The summed E-state index contributed by atoms with van der Waals surface area (Å²) in [4.78, 5) is 21.6. The van der Waals surface area contributed by atoms with Crippen molar-refractivity contribution in [2.45, 2.75) is 0 Å². The first kappa shape index (κ1) is 12.4. The maximum absolute atomic E-state index is 11.2. The minimum atomic E-state index is -1.19. The van der Waals surface area contributed by atoms with Gasteiger partial charge in [0.1, 0.15) is 5.75 Å². The second-order valence-corrected chi connectivity index (χ2v) is 4.81. The molecule has 0 spiro atoms. The van der Waals surface area contributed by atoms with Crippen LogP contribution < -0.4 is 9.68 Å². The molecule has 7 nitrogen and oxygen atoms in total. The number of aromatic carboxylic acids is 1. The minimum absolute atomic E-state index is 0.214. The average Bonchev–Trinajstić information content (AvgIpc) is 3.01. The first-order chi connectivity index (χ1) is 9.58. The fraction of sp³-hybridized carbons (Fsp3) is 0.0833. The molecule has 0 saturated heterocycles. The second-order valence-electron chi connectivity index (χ2n) is 3.83. The topological polar surface area (TPSA) is 103 Å². The van der Waals surface area contributed by atoms with Crippen molar-refractivity contribution in [2.75, 3.05) is 7.11 Å². The number of rotatable bonds is 3. The van der Waals surface area contributed by atoms with Gasteiger partial charge >= 0.3 is 10.9 Å². The molecule has 3 aromatic rings. The Kier molecular flexibility index (Phi) is 2.79. The molecule has 8 heteroatoms. The van der Waals surface area contributed by atoms with Crippen molar-refractivity contribution in [3.8, 4) is 17.1 Å². The van der Waals surface area contributed by atoms with Crippen molar-refractivity contribution in [2.24, 2.45) is 0 Å². The van der Waals surface area contributed by atoms with Crippen LogP contribution in [0.2, 0.25) is 0 Å². The van der Waals surface area contributed by atoms with Gasteiger partial charge < -0.3 is 18.8 Å². The Morgan fingerprint density at radius 1 is 1.40 bits per heavy atom. The highest BCUT2D eigenvalue weighted by molar-refractivity contribution is 7.16. The number of carboxylic acid groups (broad SMARTS) is 1. The maximum atomic E-state index is 11.2. The SMILES string of the molecule is COc1cc2sc(=O)oc2cc1-c1cc(C(=O)O)no1. The smallest absolute Gasteiger partial charge is 0.396 e. The molecule has 0 radical (unpaired) electrons. The van der Waals surface area contributed by atoms with E-state index in [1.54, 1.807) is 12.1 Å². The standard InChI is InChI=1S/C12H7NO6S/c1-17-7-4-10-9(18-12(16)20-10)2-5(7)8-3-6(11(14)15)13-19-8/h2-4H,1H3,(H,14,15). The minimum Gasteiger partial charge on any atom is -0.496 e. The van der Waals surface area contributed by atoms with E-state index < -0.39 is 10.9 Å². The molecule has 0 aliphatic rings. The van der Waals surface area contributed by atoms with Crippen LogP contribution in [0.4, 0.5) is 0 Å². The van der Waals surface area contributed by atoms with Gasteiger partial charge in [0, 0.05) is 12.1 Å². The zero-order chi connectivity index (χ0) is 14.3. The molecule has 1 aromatic carbocycles. The van der Waals surface area contributed by atoms with Gasteiger partial charge in [0.2, 0.25) is 0 Å². The normalized spacial score (nSPS) is 10.8. The number of nitrogens with zero attached hydrogens (tertiary/aromatic N) is 1. The van der Waals surface area contributed by atoms with E-state index in [9.17, 15) is 9.59 Å². The van der Waals surface area contributed by atoms with Crippen LogP contribution in [-0.2, 0) is 0 Å². The zero-order valence-electron chi connectivity index (χ0n) is 10.1. The van der Waals surface area contributed by atoms with Gasteiger partial charge in [-0.2, -0.15) is 0 Å². The predicted octanol–water partition coefficient (Wildman–Crippen LogP) is 2.22. The van der Waals surface area contributed by atoms with E-state index in [1.165, 1.54) is 13.2 Å². The van der Waals surface area contributed by atoms with Gasteiger partial charge in [-0.05, 0) is 6.07 Å². The summed E-state index contributed by atoms with van der Waals surface area (Å²) in [5.41, 5.74) is 0.625. The monoisotopic (exact) mass is 293 g/mol. The second kappa shape index (κ2) is 4.49. The summed E-state index contributed by atoms with van der Waals surface area (Å²) in [7, 11) is 1.46. The van der Waals surface area contributed by atoms with Crippen LogP contribution in [0.3, 0.4) is 0 Å². The average molecular weight is 293 g/mol. The van der Waals surface area contributed by atoms with Crippen LogP contribution in [0.5, 0.6) is 5.75 Å². The number of hydrogen-bond donors (Lipinski definition) is 1. The van der Waals surface area contributed by atoms with Crippen molar-refractivity contribution in [3.63, 3.8) is 0 Å². The molecule has 1 N–H and O–H groups in total. The van der Waals surface area contributed by atoms with Gasteiger partial charge in [-0.3, -0.25) is 0 Å². The predicted molar refractivity (Wildman–Crippen MR) is 69.4 cm³/mol. The van der Waals surface area contributed by atoms with Crippen LogP contribution in [0.1, 0.15) is 10.5 Å². The van der Waals surface area contributed by atoms with Crippen molar-refractivity contribution in [1.29, 1.82) is 0 Å². The zero-order valence-corrected chi connectivity index (χ0v) is 10.9. The molecule has 0 unspecified atom stereocenters. The maximum Gasteiger partial charge on any atom is 0.396 e. The summed E-state index contributed by atoms with van der Waals surface area (Å²) in [6.07, 6.45) is 0. The number of benzene rings is 1. The molecule has 0 aliphatic carbocycles. The molecule has 0 saturated carbocycles. The van der Waals surface area contributed by atoms with Crippen LogP contribution in [0, 0.1) is 0 Å². The molecule has 102 valence electrons. The quantitative estimate of drug-likeness (QED) is 0.789. The van der Waals surface area contributed by atoms with Crippen LogP contribution in [0.15, 0.2) is 31.9 Å². The lowest BCUT2D eigenvalue weighted by Crippen LogP contribution is -1.94. The van der Waals surface area contributed by atoms with E-state index in [2.05, 4.69) is 5.16 Å². The Labute approximate surface area is 115 Å². The molecular weight excluding hydrogens is 286 g/mol. The Hall–Kier alpha value is -2.61. The van der Waals surface area contributed by atoms with Gasteiger partial charge in [0.15, 0.2) is 17.0 Å². The highest BCUT2D eigenvalue weighted by Crippen LogP contribution is 2.35. The molecule has 0 atom stereocenters. The Balaban J connectivity index is 2.21. The molecule has 0 bridgehead atoms. The molecule has 2 heterocycles. The van der Waals surface area contributed by atoms with Crippen LogP contribution >= 0.6 is 11.3 Å². The van der Waals surface area contributed by atoms with E-state index in [1.807, 2.05) is 0 Å². The Morgan fingerprint density at radius 3 is 2.85 bits per heavy atom. The van der Waals surface area contributed by atoms with E-state index >= 15 is 0 Å². The number of fused-ring (bicyclic) bond motifs is 1. The Morgan fingerprint density at radius 2 is 2.20 bits per heavy atom. The molecule has 0 aliphatic heterocycles. The van der Waals surface area contributed by atoms with Crippen molar-refractivity contribution in [1.82, 2.24) is 5.16 Å². The number of methoxy groups -OCH3 is 1. The van der Waals surface area contributed by atoms with Gasteiger partial charge in [0.05, 0.1) is 17.4 Å². The third-order valence-electron chi connectivity index (χ3n) is 2.65. The third-order valence-corrected chi connectivity index (χ3v) is 3.44. The molecule has 0 fully saturated rings. The molecular formula is C12H7NO6S. The molecule has 20 heavy (non-hydrogen) atoms. The highest BCUT2D eigenvalue weighted by Gasteiger charge is 2.18. The summed E-state index contributed by atoms with van der Waals surface area (Å²) in [5, 5.41) is 12.3. The third kappa shape index (κ3) is 1.95. The number of aromatic nitrogens is 1. The fourth-order valence-corrected chi connectivity index (χ4v) is 2.44. The van der Waals surface area contributed by atoms with Gasteiger partial charge in [-0.1, -0.05) is 16.5 Å². The first-order valence-corrected chi connectivity index (χ1v) is 6.22. The van der Waals surface area contributed by atoms with E-state index in [-0.39, 0.29) is 11.5 Å². The highest BCUT2D eigenvalue weighted by atomic mass is 32.1. The first-order valence-electron chi connectivity index (χ1n) is 5.40. The summed E-state index contributed by atoms with van der Waals surface area (Å²) < 4.78 is 15.8. The number of carbonyl (C=O) groups is 1. The van der Waals surface area contributed by atoms with Crippen LogP contribution in [-0.4, -0.2) is 23.3 Å². The van der Waals surface area contributed by atoms with E-state index in [0.29, 0.717) is 21.6 Å². The number of carboxylic acids is 1. The summed E-state index contributed by atoms with van der Waals surface area (Å²) >= 11 is 0.953. The lowest BCUT2D eigenvalue weighted by atomic mass is 10.1.